The minimum absolute atomic E-state index is 0.0135. The number of fused-ring (bicyclic) bond motifs is 1. The second-order valence-corrected chi connectivity index (χ2v) is 21.2. The Labute approximate surface area is 503 Å². The van der Waals surface area contributed by atoms with Gasteiger partial charge in [0.15, 0.2) is 41.2 Å². The Morgan fingerprint density at radius 3 is 1.76 bits per heavy atom. The molecule has 0 aliphatic carbocycles. The molecule has 89 heavy (non-hydrogen) atoms. The molecule has 484 valence electrons. The molecule has 0 spiro atoms. The molecule has 21 unspecified atom stereocenters. The van der Waals surface area contributed by atoms with E-state index in [2.05, 4.69) is 4.74 Å². The normalized spacial score (nSPS) is 33.8. The van der Waals surface area contributed by atoms with E-state index in [1.165, 1.54) is 86.9 Å². The van der Waals surface area contributed by atoms with Crippen LogP contribution in [0.5, 0.6) is 51.7 Å². The lowest BCUT2D eigenvalue weighted by Crippen LogP contribution is -2.61. The maximum atomic E-state index is 13.1. The number of carbonyl (C=O) groups excluding carboxylic acids is 2. The maximum absolute atomic E-state index is 13.1. The third kappa shape index (κ3) is 14.7. The first-order valence-electron chi connectivity index (χ1n) is 27.4. The number of phenols is 5. The number of benzene rings is 4. The van der Waals surface area contributed by atoms with Gasteiger partial charge in [-0.05, 0) is 66.6 Å². The molecule has 31 heteroatoms. The van der Waals surface area contributed by atoms with Gasteiger partial charge in [-0.3, -0.25) is 0 Å². The zero-order valence-electron chi connectivity index (χ0n) is 46.8. The van der Waals surface area contributed by atoms with Crippen molar-refractivity contribution in [3.05, 3.63) is 107 Å². The number of phenolic OH excluding ortho intramolecular Hbond substituents is 5. The number of esters is 2. The van der Waals surface area contributed by atoms with Gasteiger partial charge in [0.2, 0.25) is 24.6 Å². The number of hydrogen-bond donors (Lipinski definition) is 17. The number of aliphatic hydroxyl groups excluding tert-OH is 12. The summed E-state index contributed by atoms with van der Waals surface area (Å²) in [5, 5.41) is 180. The van der Waals surface area contributed by atoms with Crippen LogP contribution in [-0.4, -0.2) is 253 Å². The van der Waals surface area contributed by atoms with Gasteiger partial charge in [0.1, 0.15) is 115 Å². The molecule has 5 heterocycles. The average molecular weight is 1260 g/mol. The molecule has 0 radical (unpaired) electrons. The molecular weight excluding hydrogens is 1190 g/mol. The highest BCUT2D eigenvalue weighted by atomic mass is 16.7. The summed E-state index contributed by atoms with van der Waals surface area (Å²) in [4.78, 5) is 25.4. The molecule has 5 aliphatic heterocycles. The molecule has 4 saturated heterocycles. The number of hydrogen-bond acceptors (Lipinski definition) is 30. The van der Waals surface area contributed by atoms with Crippen molar-refractivity contribution in [2.24, 2.45) is 0 Å². The Morgan fingerprint density at radius 1 is 0.551 bits per heavy atom. The summed E-state index contributed by atoms with van der Waals surface area (Å²) in [6, 6.07) is 14.2. The van der Waals surface area contributed by atoms with Crippen LogP contribution in [0.1, 0.15) is 35.3 Å². The monoisotopic (exact) mass is 1260 g/mol. The van der Waals surface area contributed by atoms with Crippen LogP contribution in [0.2, 0.25) is 0 Å². The fourth-order valence-electron chi connectivity index (χ4n) is 10.0. The van der Waals surface area contributed by atoms with E-state index in [0.717, 1.165) is 24.3 Å². The number of methoxy groups -OCH3 is 1. The SMILES string of the molecule is COc1cc(C2[OH+]c3cc(O)cc(OC4OC(CO)C(O)C(O)C4O)c3C=C2OC2OC(COC3OC(C)C(OC(=O)C=Cc4ccc(OC5OC(COC(=O)C=Cc6ccc(O)c(O)c6)C(O)C(O)C5O)cc4)C(O)C3O)C(O)C(O)C2O)cc(O)c1O. The minimum Gasteiger partial charge on any atom is -0.571 e. The van der Waals surface area contributed by atoms with Gasteiger partial charge in [0.05, 0.1) is 38.1 Å². The highest BCUT2D eigenvalue weighted by Gasteiger charge is 2.51. The number of rotatable bonds is 19. The highest BCUT2D eigenvalue weighted by Crippen LogP contribution is 2.49. The molecular formula is C58H67O31+. The van der Waals surface area contributed by atoms with Crippen molar-refractivity contribution in [2.75, 3.05) is 26.9 Å². The lowest BCUT2D eigenvalue weighted by Gasteiger charge is -2.43. The van der Waals surface area contributed by atoms with Crippen LogP contribution in [0.4, 0.5) is 0 Å². The summed E-state index contributed by atoms with van der Waals surface area (Å²) in [5.74, 6) is -5.13. The first-order chi connectivity index (χ1) is 42.3. The lowest BCUT2D eigenvalue weighted by atomic mass is 9.97. The Kier molecular flexibility index (Phi) is 20.7. The molecule has 31 nitrogen and oxygen atoms in total. The van der Waals surface area contributed by atoms with Gasteiger partial charge in [-0.2, -0.15) is 0 Å². The number of aliphatic hydroxyl groups is 13. The number of carbonyl (C=O) groups is 2. The molecule has 5 aliphatic rings. The topological polar surface area (TPSA) is 492 Å². The molecule has 18 N–H and O–H groups in total. The van der Waals surface area contributed by atoms with Crippen molar-refractivity contribution in [3.63, 3.8) is 0 Å². The van der Waals surface area contributed by atoms with E-state index in [0.29, 0.717) is 11.1 Å². The summed E-state index contributed by atoms with van der Waals surface area (Å²) in [6.45, 7) is -0.714. The van der Waals surface area contributed by atoms with Crippen molar-refractivity contribution in [2.45, 2.75) is 136 Å². The third-order valence-electron chi connectivity index (χ3n) is 15.0. The Hall–Kier alpha value is -7.64. The lowest BCUT2D eigenvalue weighted by molar-refractivity contribution is -0.325. The van der Waals surface area contributed by atoms with Crippen LogP contribution < -0.4 is 14.2 Å². The molecule has 0 amide bonds. The van der Waals surface area contributed by atoms with Crippen LogP contribution >= 0.6 is 0 Å². The first-order valence-corrected chi connectivity index (χ1v) is 27.4. The quantitative estimate of drug-likeness (QED) is 0.0194. The van der Waals surface area contributed by atoms with Gasteiger partial charge in [0.25, 0.3) is 11.9 Å². The van der Waals surface area contributed by atoms with Crippen LogP contribution in [0.25, 0.3) is 18.2 Å². The van der Waals surface area contributed by atoms with Crippen molar-refractivity contribution >= 4 is 30.2 Å². The van der Waals surface area contributed by atoms with Crippen LogP contribution in [0.15, 0.2) is 84.6 Å². The highest BCUT2D eigenvalue weighted by molar-refractivity contribution is 5.88. The second-order valence-electron chi connectivity index (χ2n) is 21.2. The van der Waals surface area contributed by atoms with Gasteiger partial charge in [-0.1, -0.05) is 18.2 Å². The third-order valence-corrected chi connectivity index (χ3v) is 15.0. The molecule has 9 rings (SSSR count). The van der Waals surface area contributed by atoms with Crippen molar-refractivity contribution in [1.82, 2.24) is 0 Å². The standard InChI is InChI=1S/C58H66O31/c1-22-53(89-40(65)12-6-23-3-8-27(9-4-23)82-56-49(74)46(71)43(68)37(87-56)20-79-39(64)11-7-24-5-10-29(61)30(62)13-24)48(73)52(77)55(81-22)80-21-38-44(69)47(72)51(76)58(88-38)85-35-18-28-32(83-54(35)25-14-31(63)41(66)34(15-25)78-2)16-26(60)17-33(28)84-57-50(75)45(70)42(67)36(19-59)86-57/h3-18,22,36-38,42-63,66-77H,19-21H2,1-2H3/p+1. The summed E-state index contributed by atoms with van der Waals surface area (Å²) in [5.41, 5.74) is 0.806. The molecule has 4 fully saturated rings. The van der Waals surface area contributed by atoms with Crippen molar-refractivity contribution < 1.29 is 153 Å². The molecule has 4 aromatic rings. The Bertz CT molecular complexity index is 3210. The smallest absolute Gasteiger partial charge is 0.331 e. The summed E-state index contributed by atoms with van der Waals surface area (Å²) < 4.78 is 66.8. The van der Waals surface area contributed by atoms with Crippen molar-refractivity contribution in [1.29, 1.82) is 0 Å². The molecule has 0 aromatic heterocycles. The molecule has 21 atom stereocenters. The Balaban J connectivity index is 0.809. The maximum Gasteiger partial charge on any atom is 0.331 e. The number of aromatic hydroxyl groups is 6. The van der Waals surface area contributed by atoms with Gasteiger partial charge in [0, 0.05) is 24.3 Å². The van der Waals surface area contributed by atoms with Gasteiger partial charge in [-0.25, -0.2) is 9.59 Å². The average Bonchev–Trinajstić information content (AvgIpc) is 0.919. The fraction of sp³-hybridized carbons (Fsp3) is 0.448. The zero-order valence-corrected chi connectivity index (χ0v) is 46.8. The predicted octanol–water partition coefficient (Wildman–Crippen LogP) is -2.89. The summed E-state index contributed by atoms with van der Waals surface area (Å²) in [7, 11) is 1.20. The van der Waals surface area contributed by atoms with Gasteiger partial charge >= 0.3 is 11.9 Å². The van der Waals surface area contributed by atoms with E-state index in [-0.39, 0.29) is 45.6 Å². The van der Waals surface area contributed by atoms with Crippen LogP contribution in [0, 0.1) is 0 Å². The number of ether oxygens (including phenoxy) is 12. The molecule has 0 saturated carbocycles. The fourth-order valence-corrected chi connectivity index (χ4v) is 10.0. The van der Waals surface area contributed by atoms with E-state index in [9.17, 15) is 96.4 Å². The van der Waals surface area contributed by atoms with Crippen LogP contribution in [-0.2, 0) is 47.5 Å². The zero-order chi connectivity index (χ0) is 64.3. The van der Waals surface area contributed by atoms with E-state index in [1.807, 2.05) is 0 Å². The molecule has 4 aromatic carbocycles. The molecule has 0 bridgehead atoms. The van der Waals surface area contributed by atoms with E-state index in [4.69, 9.17) is 52.1 Å². The van der Waals surface area contributed by atoms with E-state index < -0.39 is 184 Å². The van der Waals surface area contributed by atoms with Gasteiger partial charge < -0.3 is 144 Å². The summed E-state index contributed by atoms with van der Waals surface area (Å²) >= 11 is 0. The first kappa shape index (κ1) is 65.8. The van der Waals surface area contributed by atoms with Crippen molar-refractivity contribution in [3.8, 4) is 51.7 Å². The van der Waals surface area contributed by atoms with E-state index >= 15 is 0 Å². The van der Waals surface area contributed by atoms with E-state index in [1.54, 1.807) is 0 Å². The second kappa shape index (κ2) is 28.0. The van der Waals surface area contributed by atoms with Crippen LogP contribution in [0.3, 0.4) is 0 Å². The van der Waals surface area contributed by atoms with Gasteiger partial charge in [-0.15, -0.1) is 0 Å². The summed E-state index contributed by atoms with van der Waals surface area (Å²) in [6.07, 6.45) is -29.9. The largest absolute Gasteiger partial charge is 0.571 e. The Morgan fingerprint density at radius 2 is 1.12 bits per heavy atom. The minimum atomic E-state index is -2.04. The predicted molar refractivity (Wildman–Crippen MR) is 294 cm³/mol.